The molecule has 0 aromatic heterocycles. The summed E-state index contributed by atoms with van der Waals surface area (Å²) in [4.78, 5) is 9.75. The fraction of sp³-hybridized carbons (Fsp3) is 0.833. The number of hydrogen-bond acceptors (Lipinski definition) is 6. The van der Waals surface area contributed by atoms with E-state index in [4.69, 9.17) is 16.3 Å². The van der Waals surface area contributed by atoms with Gasteiger partial charge in [-0.3, -0.25) is 10.1 Å². The Balaban J connectivity index is 3.90. The molecule has 0 aliphatic rings. The summed E-state index contributed by atoms with van der Waals surface area (Å²) in [7, 11) is 0. The number of nitrogens with one attached hydrogen (secondary N) is 1. The summed E-state index contributed by atoms with van der Waals surface area (Å²) >= 11 is 11.3. The van der Waals surface area contributed by atoms with E-state index in [2.05, 4.69) is 17.3 Å². The molecule has 1 N–H and O–H groups in total. The first kappa shape index (κ1) is 15.2. The van der Waals surface area contributed by atoms with Crippen LogP contribution >= 0.6 is 29.2 Å². The quantitative estimate of drug-likeness (QED) is 0.229. The number of nitro groups is 1. The molecule has 0 aromatic carbocycles. The van der Waals surface area contributed by atoms with Crippen molar-refractivity contribution >= 4 is 46.5 Å². The van der Waals surface area contributed by atoms with E-state index in [9.17, 15) is 10.1 Å². The second kappa shape index (κ2) is 8.41. The summed E-state index contributed by atoms with van der Waals surface area (Å²) in [5.74, 6) is 0.606. The second-order valence-electron chi connectivity index (χ2n) is 2.41. The molecular formula is C6H13N2O3PS3. The van der Waals surface area contributed by atoms with Crippen LogP contribution in [-0.4, -0.2) is 29.3 Å². The molecule has 0 rings (SSSR count). The zero-order valence-corrected chi connectivity index (χ0v) is 11.6. The van der Waals surface area contributed by atoms with Gasteiger partial charge in [-0.15, -0.1) is 0 Å². The lowest BCUT2D eigenvalue weighted by atomic mass is 10.5. The second-order valence-corrected chi connectivity index (χ2v) is 9.37. The predicted octanol–water partition coefficient (Wildman–Crippen LogP) is 2.19. The van der Waals surface area contributed by atoms with Crippen molar-refractivity contribution in [3.63, 3.8) is 0 Å². The standard InChI is InChI=1S/C6H13N2O3PS3/c1-2-11-12(14,7-6-13)15-5-3-4-8(9)10/h6H,2-5H2,1H3,(H,7,13,14). The fourth-order valence-corrected chi connectivity index (χ4v) is 5.94. The van der Waals surface area contributed by atoms with E-state index < -0.39 is 5.62 Å². The van der Waals surface area contributed by atoms with Gasteiger partial charge in [-0.25, -0.2) is 0 Å². The summed E-state index contributed by atoms with van der Waals surface area (Å²) in [6, 6.07) is 0. The highest BCUT2D eigenvalue weighted by Crippen LogP contribution is 2.55. The Labute approximate surface area is 103 Å². The maximum absolute atomic E-state index is 10.1. The molecule has 0 amide bonds. The van der Waals surface area contributed by atoms with Gasteiger partial charge in [-0.2, -0.15) is 0 Å². The fourth-order valence-electron chi connectivity index (χ4n) is 0.725. The van der Waals surface area contributed by atoms with Crippen molar-refractivity contribution in [3.05, 3.63) is 10.1 Å². The maximum atomic E-state index is 10.1. The van der Waals surface area contributed by atoms with Crippen LogP contribution in [-0.2, 0) is 16.3 Å². The van der Waals surface area contributed by atoms with Crippen LogP contribution in [0.3, 0.4) is 0 Å². The van der Waals surface area contributed by atoms with Gasteiger partial charge in [0.15, 0.2) is 0 Å². The van der Waals surface area contributed by atoms with Gasteiger partial charge in [0, 0.05) is 17.1 Å². The Kier molecular flexibility index (Phi) is 8.55. The molecule has 1 unspecified atom stereocenters. The highest BCUT2D eigenvalue weighted by Gasteiger charge is 2.16. The molecule has 88 valence electrons. The number of thiocarbonyl (C=S) groups is 1. The summed E-state index contributed by atoms with van der Waals surface area (Å²) < 4.78 is 5.39. The lowest BCUT2D eigenvalue weighted by Crippen LogP contribution is -2.08. The van der Waals surface area contributed by atoms with Gasteiger partial charge in [-0.05, 0) is 18.7 Å². The van der Waals surface area contributed by atoms with E-state index in [0.29, 0.717) is 18.8 Å². The Bertz CT molecular complexity index is 264. The molecule has 0 heterocycles. The molecule has 9 heteroatoms. The minimum Gasteiger partial charge on any atom is -0.327 e. The minimum absolute atomic E-state index is 0.0357. The van der Waals surface area contributed by atoms with E-state index in [-0.39, 0.29) is 11.5 Å². The van der Waals surface area contributed by atoms with Crippen molar-refractivity contribution in [2.45, 2.75) is 13.3 Å². The Morgan fingerprint density at radius 1 is 1.73 bits per heavy atom. The zero-order valence-electron chi connectivity index (χ0n) is 8.25. The van der Waals surface area contributed by atoms with Crippen LogP contribution in [0.2, 0.25) is 0 Å². The summed E-state index contributed by atoms with van der Waals surface area (Å²) in [6.45, 7) is 2.32. The summed E-state index contributed by atoms with van der Waals surface area (Å²) in [6.07, 6.45) is 0.488. The minimum atomic E-state index is -2.16. The van der Waals surface area contributed by atoms with Crippen molar-refractivity contribution in [1.82, 2.24) is 5.09 Å². The van der Waals surface area contributed by atoms with Gasteiger partial charge in [-0.1, -0.05) is 23.6 Å². The molecule has 0 fully saturated rings. The molecule has 0 saturated carbocycles. The Hall–Kier alpha value is 0.250. The van der Waals surface area contributed by atoms with Crippen molar-refractivity contribution in [2.75, 3.05) is 18.9 Å². The molecule has 0 spiro atoms. The first-order chi connectivity index (χ1) is 7.04. The normalized spacial score (nSPS) is 14.2. The first-order valence-electron chi connectivity index (χ1n) is 4.26. The van der Waals surface area contributed by atoms with Gasteiger partial charge in [0.1, 0.15) is 0 Å². The van der Waals surface area contributed by atoms with E-state index in [1.807, 2.05) is 6.92 Å². The topological polar surface area (TPSA) is 64.4 Å². The van der Waals surface area contributed by atoms with E-state index in [1.165, 1.54) is 16.9 Å². The van der Waals surface area contributed by atoms with Crippen LogP contribution in [0.1, 0.15) is 13.3 Å². The van der Waals surface area contributed by atoms with Crippen LogP contribution in [0.4, 0.5) is 0 Å². The van der Waals surface area contributed by atoms with E-state index in [0.717, 1.165) is 0 Å². The summed E-state index contributed by atoms with van der Waals surface area (Å²) in [5, 5.41) is 12.9. The van der Waals surface area contributed by atoms with Gasteiger partial charge in [0.25, 0.3) is 0 Å². The Morgan fingerprint density at radius 3 is 2.87 bits per heavy atom. The number of nitrogens with zero attached hydrogens (tertiary/aromatic N) is 1. The van der Waals surface area contributed by atoms with Crippen molar-refractivity contribution in [1.29, 1.82) is 0 Å². The molecule has 1 atom stereocenters. The van der Waals surface area contributed by atoms with Crippen molar-refractivity contribution in [3.8, 4) is 0 Å². The average molecular weight is 288 g/mol. The first-order valence-corrected chi connectivity index (χ1v) is 9.04. The lowest BCUT2D eigenvalue weighted by molar-refractivity contribution is -0.479. The molecule has 0 aromatic rings. The van der Waals surface area contributed by atoms with Crippen LogP contribution in [0.5, 0.6) is 0 Å². The summed E-state index contributed by atoms with van der Waals surface area (Å²) in [5.41, 5.74) is -0.817. The predicted molar refractivity (Wildman–Crippen MR) is 71.6 cm³/mol. The number of rotatable bonds is 9. The van der Waals surface area contributed by atoms with Gasteiger partial charge in [0.2, 0.25) is 12.2 Å². The number of hydrogen-bond donors (Lipinski definition) is 1. The van der Waals surface area contributed by atoms with Crippen molar-refractivity contribution in [2.24, 2.45) is 0 Å². The van der Waals surface area contributed by atoms with Crippen LogP contribution in [0.15, 0.2) is 0 Å². The van der Waals surface area contributed by atoms with Gasteiger partial charge < -0.3 is 9.61 Å². The molecule has 0 bridgehead atoms. The molecule has 0 saturated heterocycles. The van der Waals surface area contributed by atoms with E-state index >= 15 is 0 Å². The molecular weight excluding hydrogens is 275 g/mol. The third-order valence-corrected chi connectivity index (χ3v) is 7.18. The lowest BCUT2D eigenvalue weighted by Gasteiger charge is -2.19. The SMILES string of the molecule is CCOP(=S)(NC=S)SCCC[N+](=O)[O-]. The van der Waals surface area contributed by atoms with Crippen LogP contribution in [0.25, 0.3) is 0 Å². The Morgan fingerprint density at radius 2 is 2.40 bits per heavy atom. The molecule has 0 aliphatic heterocycles. The van der Waals surface area contributed by atoms with Gasteiger partial charge >= 0.3 is 0 Å². The largest absolute Gasteiger partial charge is 0.327 e. The van der Waals surface area contributed by atoms with Crippen molar-refractivity contribution < 1.29 is 9.45 Å². The smallest absolute Gasteiger partial charge is 0.210 e. The molecule has 5 nitrogen and oxygen atoms in total. The monoisotopic (exact) mass is 288 g/mol. The zero-order chi connectivity index (χ0) is 11.7. The average Bonchev–Trinajstić information content (AvgIpc) is 2.13. The highest BCUT2D eigenvalue weighted by molar-refractivity contribution is 8.68. The molecule has 15 heavy (non-hydrogen) atoms. The highest BCUT2D eigenvalue weighted by atomic mass is 32.9. The van der Waals surface area contributed by atoms with Gasteiger partial charge in [0.05, 0.1) is 12.1 Å². The van der Waals surface area contributed by atoms with Crippen LogP contribution in [0, 0.1) is 10.1 Å². The molecule has 0 aliphatic carbocycles. The van der Waals surface area contributed by atoms with E-state index in [1.54, 1.807) is 0 Å². The maximum Gasteiger partial charge on any atom is 0.210 e. The molecule has 0 radical (unpaired) electrons. The van der Waals surface area contributed by atoms with Crippen LogP contribution < -0.4 is 5.09 Å². The third kappa shape index (κ3) is 8.10. The third-order valence-electron chi connectivity index (χ3n) is 1.26.